The first-order valence-corrected chi connectivity index (χ1v) is 11.2. The van der Waals surface area contributed by atoms with Gasteiger partial charge in [-0.1, -0.05) is 17.7 Å². The number of carbonyl (C=O) groups is 1. The van der Waals surface area contributed by atoms with Crippen molar-refractivity contribution in [1.82, 2.24) is 4.31 Å². The third-order valence-electron chi connectivity index (χ3n) is 4.18. The van der Waals surface area contributed by atoms with Crippen LogP contribution in [0.3, 0.4) is 0 Å². The predicted molar refractivity (Wildman–Crippen MR) is 104 cm³/mol. The van der Waals surface area contributed by atoms with E-state index in [1.165, 1.54) is 16.4 Å². The van der Waals surface area contributed by atoms with Crippen molar-refractivity contribution in [3.05, 3.63) is 45.0 Å². The Kier molecular flexibility index (Phi) is 6.03. The quantitative estimate of drug-likeness (QED) is 0.706. The first kappa shape index (κ1) is 19.8. The van der Waals surface area contributed by atoms with Crippen molar-refractivity contribution in [2.75, 3.05) is 18.4 Å². The fourth-order valence-corrected chi connectivity index (χ4v) is 6.57. The lowest BCUT2D eigenvalue weighted by molar-refractivity contribution is -0.120. The molecule has 5 nitrogen and oxygen atoms in total. The molecule has 0 unspecified atom stereocenters. The molecular formula is C16H15BrClFN2O3S2. The lowest BCUT2D eigenvalue weighted by atomic mass is 9.97. The highest BCUT2D eigenvalue weighted by molar-refractivity contribution is 9.11. The Balaban J connectivity index is 1.63. The number of carbonyl (C=O) groups excluding carboxylic acids is 1. The molecule has 0 bridgehead atoms. The summed E-state index contributed by atoms with van der Waals surface area (Å²) in [4.78, 5) is 12.4. The minimum absolute atomic E-state index is 0.0287. The van der Waals surface area contributed by atoms with Crippen LogP contribution in [-0.2, 0) is 14.8 Å². The van der Waals surface area contributed by atoms with E-state index in [2.05, 4.69) is 21.2 Å². The van der Waals surface area contributed by atoms with Gasteiger partial charge >= 0.3 is 0 Å². The molecule has 2 heterocycles. The Bertz CT molecular complexity index is 927. The lowest BCUT2D eigenvalue weighted by Crippen LogP contribution is -2.41. The number of amides is 1. The molecule has 2 aromatic rings. The monoisotopic (exact) mass is 480 g/mol. The summed E-state index contributed by atoms with van der Waals surface area (Å²) in [6.07, 6.45) is 0.750. The summed E-state index contributed by atoms with van der Waals surface area (Å²) in [5.41, 5.74) is 0.0287. The van der Waals surface area contributed by atoms with Gasteiger partial charge in [-0.25, -0.2) is 12.8 Å². The normalized spacial score (nSPS) is 16.6. The Morgan fingerprint density at radius 1 is 1.27 bits per heavy atom. The number of nitrogens with one attached hydrogen (secondary N) is 1. The van der Waals surface area contributed by atoms with Gasteiger partial charge in [0.15, 0.2) is 5.82 Å². The van der Waals surface area contributed by atoms with Crippen LogP contribution in [0.2, 0.25) is 5.02 Å². The summed E-state index contributed by atoms with van der Waals surface area (Å²) < 4.78 is 41.5. The standard InChI is InChI=1S/C16H15BrClFN2O3S2/c17-13-4-5-14(25-13)26(23,24)21-8-6-10(7-9-21)16(22)20-12-3-1-2-11(18)15(12)19/h1-5,10H,6-9H2,(H,20,22). The molecule has 3 rings (SSSR count). The van der Waals surface area contributed by atoms with Gasteiger partial charge in [-0.15, -0.1) is 11.3 Å². The molecular weight excluding hydrogens is 467 g/mol. The fourth-order valence-electron chi connectivity index (χ4n) is 2.76. The van der Waals surface area contributed by atoms with Gasteiger partial charge in [0.2, 0.25) is 5.91 Å². The Morgan fingerprint density at radius 2 is 1.96 bits per heavy atom. The molecule has 10 heteroatoms. The SMILES string of the molecule is O=C(Nc1cccc(Cl)c1F)C1CCN(S(=O)(=O)c2ccc(Br)s2)CC1. The molecule has 1 aromatic carbocycles. The van der Waals surface area contributed by atoms with Crippen molar-refractivity contribution in [2.45, 2.75) is 17.1 Å². The van der Waals surface area contributed by atoms with Gasteiger partial charge in [-0.3, -0.25) is 4.79 Å². The molecule has 140 valence electrons. The van der Waals surface area contributed by atoms with Crippen LogP contribution in [-0.4, -0.2) is 31.7 Å². The van der Waals surface area contributed by atoms with Crippen molar-refractivity contribution in [2.24, 2.45) is 5.92 Å². The van der Waals surface area contributed by atoms with E-state index >= 15 is 0 Å². The van der Waals surface area contributed by atoms with E-state index in [0.29, 0.717) is 12.8 Å². The van der Waals surface area contributed by atoms with E-state index < -0.39 is 15.8 Å². The average molecular weight is 482 g/mol. The number of halogens is 3. The zero-order chi connectivity index (χ0) is 18.9. The largest absolute Gasteiger partial charge is 0.323 e. The molecule has 1 fully saturated rings. The second kappa shape index (κ2) is 7.93. The number of anilines is 1. The summed E-state index contributed by atoms with van der Waals surface area (Å²) >= 11 is 10.1. The zero-order valence-electron chi connectivity index (χ0n) is 13.4. The van der Waals surface area contributed by atoms with Crippen LogP contribution < -0.4 is 5.32 Å². The topological polar surface area (TPSA) is 66.5 Å². The van der Waals surface area contributed by atoms with Crippen LogP contribution in [0.25, 0.3) is 0 Å². The highest BCUT2D eigenvalue weighted by Gasteiger charge is 2.33. The molecule has 0 spiro atoms. The number of thiophene rings is 1. The summed E-state index contributed by atoms with van der Waals surface area (Å²) in [6.45, 7) is 0.488. The molecule has 1 aliphatic rings. The molecule has 1 N–H and O–H groups in total. The Morgan fingerprint density at radius 3 is 2.58 bits per heavy atom. The van der Waals surface area contributed by atoms with Crippen LogP contribution in [0.5, 0.6) is 0 Å². The van der Waals surface area contributed by atoms with Crippen molar-refractivity contribution in [3.8, 4) is 0 Å². The third-order valence-corrected chi connectivity index (χ3v) is 8.46. The zero-order valence-corrected chi connectivity index (χ0v) is 17.4. The van der Waals surface area contributed by atoms with Gasteiger partial charge < -0.3 is 5.32 Å². The molecule has 1 aliphatic heterocycles. The van der Waals surface area contributed by atoms with Gasteiger partial charge in [0.05, 0.1) is 14.5 Å². The molecule has 0 saturated carbocycles. The molecule has 1 aromatic heterocycles. The Hall–Kier alpha value is -1.000. The van der Waals surface area contributed by atoms with Crippen LogP contribution in [0, 0.1) is 11.7 Å². The van der Waals surface area contributed by atoms with E-state index in [4.69, 9.17) is 11.6 Å². The molecule has 0 radical (unpaired) electrons. The maximum atomic E-state index is 13.9. The third kappa shape index (κ3) is 4.12. The van der Waals surface area contributed by atoms with Crippen LogP contribution in [0.4, 0.5) is 10.1 Å². The highest BCUT2D eigenvalue weighted by Crippen LogP contribution is 2.31. The van der Waals surface area contributed by atoms with Crippen molar-refractivity contribution in [1.29, 1.82) is 0 Å². The van der Waals surface area contributed by atoms with Crippen LogP contribution >= 0.6 is 38.9 Å². The number of hydrogen-bond donors (Lipinski definition) is 1. The maximum absolute atomic E-state index is 13.9. The molecule has 1 amide bonds. The van der Waals surface area contributed by atoms with Gasteiger partial charge in [0.25, 0.3) is 10.0 Å². The van der Waals surface area contributed by atoms with E-state index in [1.54, 1.807) is 18.2 Å². The van der Waals surface area contributed by atoms with Gasteiger partial charge in [-0.05, 0) is 53.0 Å². The predicted octanol–water partition coefficient (Wildman–Crippen LogP) is 4.34. The first-order valence-electron chi connectivity index (χ1n) is 7.79. The number of rotatable bonds is 4. The van der Waals surface area contributed by atoms with Crippen molar-refractivity contribution in [3.63, 3.8) is 0 Å². The van der Waals surface area contributed by atoms with E-state index in [9.17, 15) is 17.6 Å². The molecule has 26 heavy (non-hydrogen) atoms. The fraction of sp³-hybridized carbons (Fsp3) is 0.312. The summed E-state index contributed by atoms with van der Waals surface area (Å²) in [6, 6.07) is 7.64. The van der Waals surface area contributed by atoms with E-state index in [1.807, 2.05) is 0 Å². The van der Waals surface area contributed by atoms with Crippen LogP contribution in [0.1, 0.15) is 12.8 Å². The van der Waals surface area contributed by atoms with E-state index in [-0.39, 0.29) is 39.8 Å². The second-order valence-electron chi connectivity index (χ2n) is 5.83. The molecule has 0 aliphatic carbocycles. The van der Waals surface area contributed by atoms with Gasteiger partial charge in [0.1, 0.15) is 4.21 Å². The van der Waals surface area contributed by atoms with Gasteiger partial charge in [-0.2, -0.15) is 4.31 Å². The number of hydrogen-bond acceptors (Lipinski definition) is 4. The number of benzene rings is 1. The van der Waals surface area contributed by atoms with Gasteiger partial charge in [0, 0.05) is 19.0 Å². The smallest absolute Gasteiger partial charge is 0.252 e. The lowest BCUT2D eigenvalue weighted by Gasteiger charge is -2.30. The van der Waals surface area contributed by atoms with E-state index in [0.717, 1.165) is 15.1 Å². The Labute approximate surface area is 168 Å². The summed E-state index contributed by atoms with van der Waals surface area (Å²) in [5, 5.41) is 2.47. The minimum atomic E-state index is -3.55. The maximum Gasteiger partial charge on any atom is 0.252 e. The average Bonchev–Trinajstić information content (AvgIpc) is 3.06. The van der Waals surface area contributed by atoms with Crippen molar-refractivity contribution < 1.29 is 17.6 Å². The first-order chi connectivity index (χ1) is 12.3. The molecule has 1 saturated heterocycles. The van der Waals surface area contributed by atoms with Crippen LogP contribution in [0.15, 0.2) is 38.3 Å². The summed E-state index contributed by atoms with van der Waals surface area (Å²) in [5.74, 6) is -1.39. The number of piperidine rings is 1. The summed E-state index contributed by atoms with van der Waals surface area (Å²) in [7, 11) is -3.55. The highest BCUT2D eigenvalue weighted by atomic mass is 79.9. The van der Waals surface area contributed by atoms with Crippen molar-refractivity contribution >= 4 is 60.5 Å². The number of nitrogens with zero attached hydrogens (tertiary/aromatic N) is 1. The number of sulfonamides is 1. The minimum Gasteiger partial charge on any atom is -0.323 e. The molecule has 0 atom stereocenters. The second-order valence-corrected chi connectivity index (χ2v) is 10.9.